The maximum Gasteiger partial charge on any atom is 0.200 e. The van der Waals surface area contributed by atoms with Crippen molar-refractivity contribution in [3.63, 3.8) is 0 Å². The predicted molar refractivity (Wildman–Crippen MR) is 93.7 cm³/mol. The zero-order valence-corrected chi connectivity index (χ0v) is 13.8. The van der Waals surface area contributed by atoms with E-state index in [4.69, 9.17) is 4.42 Å². The normalized spacial score (nSPS) is 11.2. The molecule has 0 bridgehead atoms. The zero-order chi connectivity index (χ0) is 17.4. The number of hydrogen-bond donors (Lipinski definition) is 1. The van der Waals surface area contributed by atoms with Gasteiger partial charge in [-0.25, -0.2) is 0 Å². The molecule has 1 N–H and O–H groups in total. The summed E-state index contributed by atoms with van der Waals surface area (Å²) in [6.45, 7) is 5.39. The van der Waals surface area contributed by atoms with Crippen molar-refractivity contribution in [1.29, 1.82) is 0 Å². The van der Waals surface area contributed by atoms with Gasteiger partial charge in [-0.2, -0.15) is 0 Å². The lowest BCUT2D eigenvalue weighted by Crippen LogP contribution is -2.10. The third-order valence-electron chi connectivity index (χ3n) is 4.01. The number of rotatable bonds is 3. The maximum atomic E-state index is 13.0. The number of phenolic OH excluding ortho intramolecular Hbond substituents is 1. The SMILES string of the molecule is CC(=O)c1ccc(-c2c(C(C)C)oc3cc(O)ccc3c2=O)cc1. The summed E-state index contributed by atoms with van der Waals surface area (Å²) in [6, 6.07) is 11.4. The Morgan fingerprint density at radius 2 is 1.75 bits per heavy atom. The van der Waals surface area contributed by atoms with Crippen molar-refractivity contribution in [3.8, 4) is 16.9 Å². The van der Waals surface area contributed by atoms with Crippen LogP contribution in [0.25, 0.3) is 22.1 Å². The van der Waals surface area contributed by atoms with E-state index in [-0.39, 0.29) is 22.9 Å². The molecule has 0 unspecified atom stereocenters. The van der Waals surface area contributed by atoms with Crippen molar-refractivity contribution in [1.82, 2.24) is 0 Å². The van der Waals surface area contributed by atoms with E-state index in [1.54, 1.807) is 30.3 Å². The Bertz CT molecular complexity index is 979. The van der Waals surface area contributed by atoms with Gasteiger partial charge in [0.05, 0.1) is 10.9 Å². The summed E-state index contributed by atoms with van der Waals surface area (Å²) in [5.41, 5.74) is 2.04. The maximum absolute atomic E-state index is 13.0. The molecule has 2 aromatic carbocycles. The van der Waals surface area contributed by atoms with Crippen molar-refractivity contribution in [3.05, 3.63) is 64.0 Å². The third-order valence-corrected chi connectivity index (χ3v) is 4.01. The molecule has 0 aliphatic rings. The Hall–Kier alpha value is -2.88. The Morgan fingerprint density at radius 1 is 1.08 bits per heavy atom. The molecule has 0 aliphatic carbocycles. The second kappa shape index (κ2) is 5.96. The van der Waals surface area contributed by atoms with Crippen LogP contribution >= 0.6 is 0 Å². The highest BCUT2D eigenvalue weighted by molar-refractivity contribution is 5.94. The van der Waals surface area contributed by atoms with E-state index in [0.717, 1.165) is 0 Å². The molecule has 1 aromatic heterocycles. The van der Waals surface area contributed by atoms with Gasteiger partial charge in [0.15, 0.2) is 5.78 Å². The summed E-state index contributed by atoms with van der Waals surface area (Å²) < 4.78 is 5.92. The van der Waals surface area contributed by atoms with Crippen LogP contribution in [0.2, 0.25) is 0 Å². The molecule has 0 fully saturated rings. The predicted octanol–water partition coefficient (Wildman–Crippen LogP) is 4.49. The highest BCUT2D eigenvalue weighted by Gasteiger charge is 2.19. The number of aromatic hydroxyl groups is 1. The van der Waals surface area contributed by atoms with Crippen LogP contribution in [-0.4, -0.2) is 10.9 Å². The van der Waals surface area contributed by atoms with E-state index in [0.29, 0.717) is 33.4 Å². The van der Waals surface area contributed by atoms with Gasteiger partial charge >= 0.3 is 0 Å². The number of Topliss-reactive ketones (excluding diaryl/α,β-unsaturated/α-hetero) is 1. The Morgan fingerprint density at radius 3 is 2.33 bits per heavy atom. The molecule has 122 valence electrons. The summed E-state index contributed by atoms with van der Waals surface area (Å²) >= 11 is 0. The molecule has 24 heavy (non-hydrogen) atoms. The van der Waals surface area contributed by atoms with Gasteiger partial charge in [0.1, 0.15) is 17.1 Å². The summed E-state index contributed by atoms with van der Waals surface area (Å²) in [5, 5.41) is 10.0. The van der Waals surface area contributed by atoms with Crippen LogP contribution in [0.1, 0.15) is 42.8 Å². The average molecular weight is 322 g/mol. The van der Waals surface area contributed by atoms with Crippen LogP contribution in [-0.2, 0) is 0 Å². The number of benzene rings is 2. The largest absolute Gasteiger partial charge is 0.508 e. The van der Waals surface area contributed by atoms with Gasteiger partial charge in [0, 0.05) is 17.5 Å². The molecule has 0 spiro atoms. The van der Waals surface area contributed by atoms with Gasteiger partial charge in [-0.05, 0) is 24.6 Å². The van der Waals surface area contributed by atoms with Crippen molar-refractivity contribution >= 4 is 16.8 Å². The molecular weight excluding hydrogens is 304 g/mol. The quantitative estimate of drug-likeness (QED) is 0.721. The molecule has 0 atom stereocenters. The van der Waals surface area contributed by atoms with E-state index in [1.807, 2.05) is 13.8 Å². The lowest BCUT2D eigenvalue weighted by molar-refractivity contribution is 0.101. The molecule has 4 heteroatoms. The standard InChI is InChI=1S/C20H18O4/c1-11(2)20-18(14-6-4-13(5-7-14)12(3)21)19(23)16-9-8-15(22)10-17(16)24-20/h4-11,22H,1-3H3. The topological polar surface area (TPSA) is 67.5 Å². The minimum absolute atomic E-state index is 0.00747. The van der Waals surface area contributed by atoms with Crippen LogP contribution < -0.4 is 5.43 Å². The number of carbonyl (C=O) groups is 1. The molecule has 3 rings (SSSR count). The molecule has 0 saturated heterocycles. The molecule has 0 radical (unpaired) electrons. The van der Waals surface area contributed by atoms with E-state index >= 15 is 0 Å². The average Bonchev–Trinajstić information content (AvgIpc) is 2.54. The van der Waals surface area contributed by atoms with Crippen molar-refractivity contribution in [2.24, 2.45) is 0 Å². The van der Waals surface area contributed by atoms with Crippen LogP contribution in [0.3, 0.4) is 0 Å². The Kier molecular flexibility index (Phi) is 3.97. The molecule has 0 saturated carbocycles. The fraction of sp³-hybridized carbons (Fsp3) is 0.200. The van der Waals surface area contributed by atoms with Gasteiger partial charge in [0.25, 0.3) is 0 Å². The van der Waals surface area contributed by atoms with E-state index < -0.39 is 0 Å². The third kappa shape index (κ3) is 2.71. The Balaban J connectivity index is 2.31. The van der Waals surface area contributed by atoms with Crippen LogP contribution in [0.5, 0.6) is 5.75 Å². The highest BCUT2D eigenvalue weighted by Crippen LogP contribution is 2.31. The summed E-state index contributed by atoms with van der Waals surface area (Å²) in [6.07, 6.45) is 0. The Labute approximate surface area is 139 Å². The first-order valence-electron chi connectivity index (χ1n) is 7.79. The lowest BCUT2D eigenvalue weighted by Gasteiger charge is -2.13. The van der Waals surface area contributed by atoms with Gasteiger partial charge in [0.2, 0.25) is 5.43 Å². The summed E-state index contributed by atoms with van der Waals surface area (Å²) in [5.74, 6) is 0.589. The van der Waals surface area contributed by atoms with Gasteiger partial charge in [-0.3, -0.25) is 9.59 Å². The number of carbonyl (C=O) groups excluding carboxylic acids is 1. The molecule has 0 amide bonds. The first-order chi connectivity index (χ1) is 11.4. The van der Waals surface area contributed by atoms with Crippen LogP contribution in [0.15, 0.2) is 51.7 Å². The fourth-order valence-corrected chi connectivity index (χ4v) is 2.75. The first-order valence-corrected chi connectivity index (χ1v) is 7.79. The van der Waals surface area contributed by atoms with Gasteiger partial charge < -0.3 is 9.52 Å². The fourth-order valence-electron chi connectivity index (χ4n) is 2.75. The van der Waals surface area contributed by atoms with E-state index in [2.05, 4.69) is 0 Å². The summed E-state index contributed by atoms with van der Waals surface area (Å²) in [4.78, 5) is 24.4. The number of fused-ring (bicyclic) bond motifs is 1. The zero-order valence-electron chi connectivity index (χ0n) is 13.8. The van der Waals surface area contributed by atoms with Crippen molar-refractivity contribution in [2.75, 3.05) is 0 Å². The minimum atomic E-state index is -0.143. The van der Waals surface area contributed by atoms with Crippen LogP contribution in [0, 0.1) is 0 Å². The van der Waals surface area contributed by atoms with E-state index in [9.17, 15) is 14.7 Å². The van der Waals surface area contributed by atoms with E-state index in [1.165, 1.54) is 19.1 Å². The monoisotopic (exact) mass is 322 g/mol. The minimum Gasteiger partial charge on any atom is -0.508 e. The lowest BCUT2D eigenvalue weighted by atomic mass is 9.96. The molecule has 4 nitrogen and oxygen atoms in total. The number of hydrogen-bond acceptors (Lipinski definition) is 4. The molecule has 3 aromatic rings. The first kappa shape index (κ1) is 16.0. The second-order valence-corrected chi connectivity index (χ2v) is 6.14. The van der Waals surface area contributed by atoms with Crippen LogP contribution in [0.4, 0.5) is 0 Å². The van der Waals surface area contributed by atoms with Crippen molar-refractivity contribution in [2.45, 2.75) is 26.7 Å². The number of phenols is 1. The van der Waals surface area contributed by atoms with Crippen molar-refractivity contribution < 1.29 is 14.3 Å². The smallest absolute Gasteiger partial charge is 0.200 e. The number of ketones is 1. The molecule has 1 heterocycles. The molecule has 0 aliphatic heterocycles. The van der Waals surface area contributed by atoms with Gasteiger partial charge in [-0.1, -0.05) is 38.1 Å². The molecular formula is C20H18O4. The summed E-state index contributed by atoms with van der Waals surface area (Å²) in [7, 11) is 0. The highest BCUT2D eigenvalue weighted by atomic mass is 16.3. The second-order valence-electron chi connectivity index (χ2n) is 6.14. The van der Waals surface area contributed by atoms with Gasteiger partial charge in [-0.15, -0.1) is 0 Å².